The fourth-order valence-electron chi connectivity index (χ4n) is 4.46. The molecule has 0 saturated carbocycles. The van der Waals surface area contributed by atoms with Crippen molar-refractivity contribution >= 4 is 44.1 Å². The minimum atomic E-state index is -3.77. The van der Waals surface area contributed by atoms with Gasteiger partial charge in [0.25, 0.3) is 11.8 Å². The number of carbonyl (C=O) groups excluding carboxylic acids is 3. The second kappa shape index (κ2) is 12.3. The topological polar surface area (TPSA) is 128 Å². The SMILES string of the molecule is CC(=O)NNC(=O)c1c(NC(=O)c2ccc(S(=O)(=O)N(C)Cc3ccccc3)cc2)sc2c1CCN(C(C)C)C2. The van der Waals surface area contributed by atoms with Crippen molar-refractivity contribution in [1.29, 1.82) is 0 Å². The maximum absolute atomic E-state index is 13.2. The van der Waals surface area contributed by atoms with Crippen LogP contribution in [-0.4, -0.2) is 55.0 Å². The molecule has 2 aromatic carbocycles. The lowest BCUT2D eigenvalue weighted by molar-refractivity contribution is -0.119. The van der Waals surface area contributed by atoms with Gasteiger partial charge in [-0.2, -0.15) is 4.31 Å². The Morgan fingerprint density at radius 1 is 1.00 bits per heavy atom. The molecule has 0 bridgehead atoms. The van der Waals surface area contributed by atoms with Crippen molar-refractivity contribution in [2.45, 2.75) is 51.2 Å². The van der Waals surface area contributed by atoms with Gasteiger partial charge in [-0.25, -0.2) is 8.42 Å². The van der Waals surface area contributed by atoms with Crippen molar-refractivity contribution in [3.63, 3.8) is 0 Å². The Balaban J connectivity index is 1.54. The van der Waals surface area contributed by atoms with E-state index in [0.717, 1.165) is 22.5 Å². The number of thiophene rings is 1. The van der Waals surface area contributed by atoms with E-state index in [4.69, 9.17) is 0 Å². The van der Waals surface area contributed by atoms with Crippen molar-refractivity contribution < 1.29 is 22.8 Å². The summed E-state index contributed by atoms with van der Waals surface area (Å²) in [5.41, 5.74) is 6.99. The van der Waals surface area contributed by atoms with E-state index in [0.29, 0.717) is 29.6 Å². The third-order valence-corrected chi connectivity index (χ3v) is 9.65. The fourth-order valence-corrected chi connectivity index (χ4v) is 6.88. The first kappa shape index (κ1) is 29.4. The van der Waals surface area contributed by atoms with E-state index in [1.807, 2.05) is 30.3 Å². The minimum Gasteiger partial charge on any atom is -0.313 e. The summed E-state index contributed by atoms with van der Waals surface area (Å²) in [7, 11) is -2.26. The lowest BCUT2D eigenvalue weighted by Gasteiger charge is -2.30. The maximum atomic E-state index is 13.2. The smallest absolute Gasteiger partial charge is 0.272 e. The van der Waals surface area contributed by atoms with Crippen LogP contribution < -0.4 is 16.2 Å². The number of rotatable bonds is 8. The molecule has 1 aliphatic rings. The number of benzene rings is 2. The second-order valence-corrected chi connectivity index (χ2v) is 13.0. The zero-order valence-electron chi connectivity index (χ0n) is 22.9. The fraction of sp³-hybridized carbons (Fsp3) is 0.321. The van der Waals surface area contributed by atoms with Crippen molar-refractivity contribution in [3.8, 4) is 0 Å². The Bertz CT molecular complexity index is 1500. The summed E-state index contributed by atoms with van der Waals surface area (Å²) in [6.07, 6.45) is 0.631. The predicted octanol–water partition coefficient (Wildman–Crippen LogP) is 3.37. The molecular weight excluding hydrogens is 550 g/mol. The average molecular weight is 584 g/mol. The normalized spacial score (nSPS) is 13.7. The Labute approximate surface area is 238 Å². The number of hydrogen-bond acceptors (Lipinski definition) is 7. The Kier molecular flexibility index (Phi) is 9.04. The van der Waals surface area contributed by atoms with Crippen LogP contribution in [0.2, 0.25) is 0 Å². The van der Waals surface area contributed by atoms with E-state index in [1.54, 1.807) is 0 Å². The van der Waals surface area contributed by atoms with Crippen LogP contribution in [0.5, 0.6) is 0 Å². The largest absolute Gasteiger partial charge is 0.313 e. The first-order valence-corrected chi connectivity index (χ1v) is 15.1. The molecule has 10 nitrogen and oxygen atoms in total. The number of nitrogens with one attached hydrogen (secondary N) is 3. The van der Waals surface area contributed by atoms with E-state index in [1.165, 1.54) is 53.9 Å². The number of anilines is 1. The van der Waals surface area contributed by atoms with Gasteiger partial charge in [0.2, 0.25) is 15.9 Å². The third-order valence-electron chi connectivity index (χ3n) is 6.70. The van der Waals surface area contributed by atoms with Crippen LogP contribution in [0.4, 0.5) is 5.00 Å². The maximum Gasteiger partial charge on any atom is 0.272 e. The Morgan fingerprint density at radius 3 is 2.30 bits per heavy atom. The monoisotopic (exact) mass is 583 g/mol. The van der Waals surface area contributed by atoms with Crippen molar-refractivity contribution in [1.82, 2.24) is 20.1 Å². The Morgan fingerprint density at radius 2 is 1.68 bits per heavy atom. The summed E-state index contributed by atoms with van der Waals surface area (Å²) in [6, 6.07) is 15.3. The van der Waals surface area contributed by atoms with Crippen LogP contribution in [0.3, 0.4) is 0 Å². The van der Waals surface area contributed by atoms with Gasteiger partial charge in [-0.15, -0.1) is 11.3 Å². The predicted molar refractivity (Wildman–Crippen MR) is 154 cm³/mol. The van der Waals surface area contributed by atoms with E-state index in [-0.39, 0.29) is 17.0 Å². The van der Waals surface area contributed by atoms with Gasteiger partial charge in [-0.05, 0) is 55.7 Å². The van der Waals surface area contributed by atoms with Crippen LogP contribution in [0.1, 0.15) is 57.5 Å². The van der Waals surface area contributed by atoms with Crippen LogP contribution >= 0.6 is 11.3 Å². The highest BCUT2D eigenvalue weighted by molar-refractivity contribution is 7.89. The molecule has 40 heavy (non-hydrogen) atoms. The van der Waals surface area contributed by atoms with Gasteiger partial charge >= 0.3 is 0 Å². The number of amides is 3. The average Bonchev–Trinajstić information content (AvgIpc) is 3.29. The van der Waals surface area contributed by atoms with E-state index in [9.17, 15) is 22.8 Å². The molecular formula is C28H33N5O5S2. The highest BCUT2D eigenvalue weighted by atomic mass is 32.2. The van der Waals surface area contributed by atoms with Gasteiger partial charge in [0, 0.05) is 50.1 Å². The molecule has 1 aromatic heterocycles. The molecule has 0 spiro atoms. The molecule has 0 aliphatic carbocycles. The number of sulfonamides is 1. The molecule has 1 aliphatic heterocycles. The Hall–Kier alpha value is -3.58. The lowest BCUT2D eigenvalue weighted by atomic mass is 10.0. The van der Waals surface area contributed by atoms with Crippen molar-refractivity contribution in [2.24, 2.45) is 0 Å². The molecule has 0 unspecified atom stereocenters. The molecule has 4 rings (SSSR count). The first-order chi connectivity index (χ1) is 19.0. The van der Waals surface area contributed by atoms with Gasteiger partial charge in [0.15, 0.2) is 0 Å². The summed E-state index contributed by atoms with van der Waals surface area (Å²) in [4.78, 5) is 40.9. The molecule has 12 heteroatoms. The van der Waals surface area contributed by atoms with Crippen molar-refractivity contribution in [2.75, 3.05) is 18.9 Å². The van der Waals surface area contributed by atoms with Gasteiger partial charge in [0.1, 0.15) is 5.00 Å². The highest BCUT2D eigenvalue weighted by Gasteiger charge is 2.30. The third kappa shape index (κ3) is 6.58. The molecule has 0 atom stereocenters. The van der Waals surface area contributed by atoms with Gasteiger partial charge in [0.05, 0.1) is 10.5 Å². The molecule has 2 heterocycles. The van der Waals surface area contributed by atoms with Gasteiger partial charge in [-0.3, -0.25) is 30.1 Å². The van der Waals surface area contributed by atoms with Crippen LogP contribution in [0.25, 0.3) is 0 Å². The first-order valence-electron chi connectivity index (χ1n) is 12.8. The van der Waals surface area contributed by atoms with E-state index >= 15 is 0 Å². The molecule has 3 N–H and O–H groups in total. The van der Waals surface area contributed by atoms with Crippen LogP contribution in [0.15, 0.2) is 59.5 Å². The summed E-state index contributed by atoms with van der Waals surface area (Å²) in [5.74, 6) is -1.41. The van der Waals surface area contributed by atoms with Gasteiger partial charge < -0.3 is 5.32 Å². The summed E-state index contributed by atoms with van der Waals surface area (Å²) in [6.45, 7) is 7.13. The molecule has 3 aromatic rings. The lowest BCUT2D eigenvalue weighted by Crippen LogP contribution is -2.41. The minimum absolute atomic E-state index is 0.0678. The van der Waals surface area contributed by atoms with Crippen molar-refractivity contribution in [3.05, 3.63) is 81.7 Å². The molecule has 0 fully saturated rings. The highest BCUT2D eigenvalue weighted by Crippen LogP contribution is 2.38. The number of nitrogens with zero attached hydrogens (tertiary/aromatic N) is 2. The number of carbonyl (C=O) groups is 3. The molecule has 0 saturated heterocycles. The van der Waals surface area contributed by atoms with E-state index < -0.39 is 27.7 Å². The molecule has 3 amide bonds. The van der Waals surface area contributed by atoms with E-state index in [2.05, 4.69) is 34.9 Å². The molecule has 0 radical (unpaired) electrons. The number of hydrogen-bond donors (Lipinski definition) is 3. The summed E-state index contributed by atoms with van der Waals surface area (Å²) >= 11 is 1.33. The standard InChI is InChI=1S/C28H33N5O5S2/c1-18(2)33-15-14-23-24(17-33)39-28(25(23)27(36)31-30-19(3)34)29-26(35)21-10-12-22(13-11-21)40(37,38)32(4)16-20-8-6-5-7-9-20/h5-13,18H,14-17H2,1-4H3,(H,29,35)(H,30,34)(H,31,36). The molecule has 212 valence electrons. The zero-order chi connectivity index (χ0) is 29.0. The van der Waals surface area contributed by atoms with Crippen LogP contribution in [0, 0.1) is 0 Å². The number of hydrazine groups is 1. The second-order valence-electron chi connectivity index (χ2n) is 9.88. The number of fused-ring (bicyclic) bond motifs is 1. The summed E-state index contributed by atoms with van der Waals surface area (Å²) < 4.78 is 27.4. The summed E-state index contributed by atoms with van der Waals surface area (Å²) in [5, 5.41) is 3.22. The quantitative estimate of drug-likeness (QED) is 0.349. The zero-order valence-corrected chi connectivity index (χ0v) is 24.5. The van der Waals surface area contributed by atoms with Gasteiger partial charge in [-0.1, -0.05) is 30.3 Å². The van der Waals surface area contributed by atoms with Crippen LogP contribution in [-0.2, 0) is 34.3 Å².